The molecule has 0 atom stereocenters. The van der Waals surface area contributed by atoms with Crippen LogP contribution in [0, 0.1) is 0 Å². The van der Waals surface area contributed by atoms with E-state index in [1.54, 1.807) is 0 Å². The van der Waals surface area contributed by atoms with E-state index in [9.17, 15) is 0 Å². The number of rotatable bonds is 3. The van der Waals surface area contributed by atoms with Crippen LogP contribution in [0.1, 0.15) is 6.92 Å². The van der Waals surface area contributed by atoms with Crippen molar-refractivity contribution in [2.24, 2.45) is 0 Å². The molecule has 0 aromatic rings. The van der Waals surface area contributed by atoms with Crippen LogP contribution in [0.5, 0.6) is 0 Å². The van der Waals surface area contributed by atoms with E-state index in [1.165, 1.54) is 5.70 Å². The molecular weight excluding hydrogens is 138 g/mol. The maximum Gasteiger partial charge on any atom is 0.0420 e. The van der Waals surface area contributed by atoms with Gasteiger partial charge in [0.15, 0.2) is 0 Å². The van der Waals surface area contributed by atoms with Gasteiger partial charge in [-0.15, -0.1) is 0 Å². The Bertz CT molecular complexity index is 138. The van der Waals surface area contributed by atoms with E-state index in [2.05, 4.69) is 18.1 Å². The van der Waals surface area contributed by atoms with Crippen LogP contribution in [0.3, 0.4) is 0 Å². The molecule has 66 valence electrons. The monoisotopic (exact) mass is 157 g/mol. The molecule has 0 saturated carbocycles. The molecule has 0 aliphatic rings. The zero-order chi connectivity index (χ0) is 9.02. The van der Waals surface area contributed by atoms with Gasteiger partial charge in [0.1, 0.15) is 0 Å². The SMILES string of the molecule is CC(=CN(C)C)N(C)N(C)C. The fourth-order valence-corrected chi connectivity index (χ4v) is 0.773. The third-order valence-electron chi connectivity index (χ3n) is 1.56. The molecule has 11 heavy (non-hydrogen) atoms. The van der Waals surface area contributed by atoms with Crippen LogP contribution in [0.15, 0.2) is 11.9 Å². The summed E-state index contributed by atoms with van der Waals surface area (Å²) >= 11 is 0. The van der Waals surface area contributed by atoms with Gasteiger partial charge < -0.3 is 9.91 Å². The van der Waals surface area contributed by atoms with Crippen LogP contribution in [-0.2, 0) is 0 Å². The van der Waals surface area contributed by atoms with Crippen LogP contribution < -0.4 is 0 Å². The fourth-order valence-electron chi connectivity index (χ4n) is 0.773. The Labute approximate surface area is 69.9 Å². The highest BCUT2D eigenvalue weighted by atomic mass is 15.6. The molecule has 0 saturated heterocycles. The molecule has 0 radical (unpaired) electrons. The summed E-state index contributed by atoms with van der Waals surface area (Å²) in [6.07, 6.45) is 2.08. The predicted molar refractivity (Wildman–Crippen MR) is 48.9 cm³/mol. The van der Waals surface area contributed by atoms with Crippen molar-refractivity contribution in [2.75, 3.05) is 35.2 Å². The van der Waals surface area contributed by atoms with E-state index >= 15 is 0 Å². The minimum atomic E-state index is 1.22. The van der Waals surface area contributed by atoms with Crippen molar-refractivity contribution in [1.29, 1.82) is 0 Å². The van der Waals surface area contributed by atoms with Gasteiger partial charge in [-0.2, -0.15) is 0 Å². The zero-order valence-corrected chi connectivity index (χ0v) is 8.42. The highest BCUT2D eigenvalue weighted by Gasteiger charge is 1.99. The number of hydrogen-bond acceptors (Lipinski definition) is 3. The van der Waals surface area contributed by atoms with Crippen LogP contribution in [0.25, 0.3) is 0 Å². The van der Waals surface area contributed by atoms with Gasteiger partial charge in [0, 0.05) is 47.1 Å². The summed E-state index contributed by atoms with van der Waals surface area (Å²) in [5.74, 6) is 0. The lowest BCUT2D eigenvalue weighted by Crippen LogP contribution is -2.32. The van der Waals surface area contributed by atoms with Crippen LogP contribution >= 0.6 is 0 Å². The van der Waals surface area contributed by atoms with Crippen molar-refractivity contribution in [2.45, 2.75) is 6.92 Å². The van der Waals surface area contributed by atoms with E-state index in [0.29, 0.717) is 0 Å². The number of hydrogen-bond donors (Lipinski definition) is 0. The van der Waals surface area contributed by atoms with Gasteiger partial charge in [-0.05, 0) is 6.92 Å². The summed E-state index contributed by atoms with van der Waals surface area (Å²) in [6, 6.07) is 0. The molecule has 0 aliphatic heterocycles. The van der Waals surface area contributed by atoms with Crippen molar-refractivity contribution in [3.8, 4) is 0 Å². The van der Waals surface area contributed by atoms with E-state index in [4.69, 9.17) is 0 Å². The zero-order valence-electron chi connectivity index (χ0n) is 8.42. The number of hydrazine groups is 1. The Balaban J connectivity index is 4.11. The molecule has 0 heterocycles. The minimum absolute atomic E-state index is 1.22. The molecule has 0 spiro atoms. The van der Waals surface area contributed by atoms with E-state index in [-0.39, 0.29) is 0 Å². The molecule has 0 fully saturated rings. The molecule has 3 heteroatoms. The highest BCUT2D eigenvalue weighted by molar-refractivity contribution is 4.92. The number of allylic oxidation sites excluding steroid dienone is 1. The third-order valence-corrected chi connectivity index (χ3v) is 1.56. The summed E-state index contributed by atoms with van der Waals surface area (Å²) in [5, 5.41) is 4.12. The van der Waals surface area contributed by atoms with Gasteiger partial charge in [0.05, 0.1) is 0 Å². The van der Waals surface area contributed by atoms with Gasteiger partial charge in [-0.3, -0.25) is 0 Å². The first-order valence-electron chi connectivity index (χ1n) is 3.71. The van der Waals surface area contributed by atoms with Gasteiger partial charge in [-0.25, -0.2) is 5.01 Å². The van der Waals surface area contributed by atoms with E-state index < -0.39 is 0 Å². The molecule has 0 amide bonds. The van der Waals surface area contributed by atoms with Crippen molar-refractivity contribution in [1.82, 2.24) is 14.9 Å². The molecule has 0 unspecified atom stereocenters. The molecule has 0 aliphatic carbocycles. The molecule has 0 N–H and O–H groups in total. The Hall–Kier alpha value is -0.700. The lowest BCUT2D eigenvalue weighted by molar-refractivity contribution is 0.0966. The van der Waals surface area contributed by atoms with Gasteiger partial charge >= 0.3 is 0 Å². The summed E-state index contributed by atoms with van der Waals surface area (Å²) in [7, 11) is 10.1. The topological polar surface area (TPSA) is 9.72 Å². The first-order valence-corrected chi connectivity index (χ1v) is 3.71. The second-order valence-corrected chi connectivity index (χ2v) is 3.10. The smallest absolute Gasteiger partial charge is 0.0420 e. The molecule has 0 aromatic heterocycles. The molecule has 0 rings (SSSR count). The maximum atomic E-state index is 2.08. The normalized spacial score (nSPS) is 12.1. The maximum absolute atomic E-state index is 2.08. The van der Waals surface area contributed by atoms with Gasteiger partial charge in [-0.1, -0.05) is 0 Å². The Morgan fingerprint density at radius 3 is 1.73 bits per heavy atom. The highest BCUT2D eigenvalue weighted by Crippen LogP contribution is 2.01. The van der Waals surface area contributed by atoms with Crippen molar-refractivity contribution in [3.63, 3.8) is 0 Å². The van der Waals surface area contributed by atoms with Gasteiger partial charge in [0.25, 0.3) is 0 Å². The summed E-state index contributed by atoms with van der Waals surface area (Å²) in [6.45, 7) is 2.08. The Morgan fingerprint density at radius 1 is 1.00 bits per heavy atom. The summed E-state index contributed by atoms with van der Waals surface area (Å²) in [4.78, 5) is 2.04. The molecule has 0 aromatic carbocycles. The van der Waals surface area contributed by atoms with Crippen molar-refractivity contribution < 1.29 is 0 Å². The van der Waals surface area contributed by atoms with E-state index in [1.807, 2.05) is 45.1 Å². The minimum Gasteiger partial charge on any atom is -0.382 e. The lowest BCUT2D eigenvalue weighted by Gasteiger charge is -2.27. The van der Waals surface area contributed by atoms with Gasteiger partial charge in [0.2, 0.25) is 0 Å². The standard InChI is InChI=1S/C8H19N3/c1-8(7-9(2)3)11(6)10(4)5/h7H,1-6H3. The number of nitrogens with zero attached hydrogens (tertiary/aromatic N) is 3. The van der Waals surface area contributed by atoms with Crippen LogP contribution in [0.2, 0.25) is 0 Å². The molecular formula is C8H19N3. The average Bonchev–Trinajstić information content (AvgIpc) is 1.84. The second kappa shape index (κ2) is 4.23. The molecule has 3 nitrogen and oxygen atoms in total. The van der Waals surface area contributed by atoms with Crippen molar-refractivity contribution in [3.05, 3.63) is 11.9 Å². The second-order valence-electron chi connectivity index (χ2n) is 3.10. The molecule has 0 bridgehead atoms. The Kier molecular flexibility index (Phi) is 3.97. The first-order chi connectivity index (χ1) is 4.95. The predicted octanol–water partition coefficient (Wildman–Crippen LogP) is 0.818. The Morgan fingerprint density at radius 2 is 1.45 bits per heavy atom. The third kappa shape index (κ3) is 3.88. The summed E-state index contributed by atoms with van der Waals surface area (Å²) < 4.78 is 0. The van der Waals surface area contributed by atoms with Crippen molar-refractivity contribution >= 4 is 0 Å². The fraction of sp³-hybridized carbons (Fsp3) is 0.750. The average molecular weight is 157 g/mol. The quantitative estimate of drug-likeness (QED) is 0.562. The van der Waals surface area contributed by atoms with Crippen LogP contribution in [-0.4, -0.2) is 50.2 Å². The first kappa shape index (κ1) is 10.3. The largest absolute Gasteiger partial charge is 0.382 e. The van der Waals surface area contributed by atoms with Crippen LogP contribution in [0.4, 0.5) is 0 Å². The lowest BCUT2D eigenvalue weighted by atomic mass is 10.5. The van der Waals surface area contributed by atoms with E-state index in [0.717, 1.165) is 0 Å². The summed E-state index contributed by atoms with van der Waals surface area (Å²) in [5.41, 5.74) is 1.22.